The molecule has 0 aliphatic rings. The van der Waals surface area contributed by atoms with Crippen LogP contribution in [0.3, 0.4) is 0 Å². The molecule has 1 aromatic heterocycles. The third kappa shape index (κ3) is 3.60. The second kappa shape index (κ2) is 7.41. The summed E-state index contributed by atoms with van der Waals surface area (Å²) < 4.78 is 1.57. The van der Waals surface area contributed by atoms with E-state index in [4.69, 9.17) is 11.6 Å². The lowest BCUT2D eigenvalue weighted by Crippen LogP contribution is -2.22. The minimum Gasteiger partial charge on any atom is -0.355 e. The average molecular weight is 369 g/mol. The van der Waals surface area contributed by atoms with Gasteiger partial charge in [-0.2, -0.15) is 5.10 Å². The van der Waals surface area contributed by atoms with Gasteiger partial charge in [0.2, 0.25) is 0 Å². The maximum Gasteiger partial charge on any atom is 0.276 e. The van der Waals surface area contributed by atoms with Gasteiger partial charge in [0.1, 0.15) is 0 Å². The van der Waals surface area contributed by atoms with E-state index < -0.39 is 5.91 Å². The van der Waals surface area contributed by atoms with E-state index in [9.17, 15) is 9.59 Å². The van der Waals surface area contributed by atoms with Crippen molar-refractivity contribution in [3.8, 4) is 5.69 Å². The van der Waals surface area contributed by atoms with Crippen LogP contribution in [-0.4, -0.2) is 28.6 Å². The fourth-order valence-electron chi connectivity index (χ4n) is 2.59. The van der Waals surface area contributed by atoms with Gasteiger partial charge in [-0.15, -0.1) is 0 Å². The molecule has 2 N–H and O–H groups in total. The number of carbonyl (C=O) groups excluding carboxylic acids is 2. The summed E-state index contributed by atoms with van der Waals surface area (Å²) in [5, 5.41) is 10.2. The molecule has 2 amide bonds. The van der Waals surface area contributed by atoms with E-state index in [0.29, 0.717) is 16.3 Å². The summed E-state index contributed by atoms with van der Waals surface area (Å²) in [6, 6.07) is 14.0. The van der Waals surface area contributed by atoms with E-state index in [-0.39, 0.29) is 11.6 Å². The molecule has 0 saturated heterocycles. The number of carbonyl (C=O) groups is 2. The summed E-state index contributed by atoms with van der Waals surface area (Å²) >= 11 is 5.99. The van der Waals surface area contributed by atoms with Gasteiger partial charge in [-0.1, -0.05) is 29.8 Å². The molecule has 0 unspecified atom stereocenters. The minimum absolute atomic E-state index is 0.231. The summed E-state index contributed by atoms with van der Waals surface area (Å²) in [6.07, 6.45) is 1.68. The SMILES string of the molecule is CNC(=O)c1c(C)cccc1NC(=O)c1ccn(-c2cccc(Cl)c2)n1. The Morgan fingerprint density at radius 2 is 1.85 bits per heavy atom. The molecule has 0 aliphatic carbocycles. The lowest BCUT2D eigenvalue weighted by atomic mass is 10.1. The average Bonchev–Trinajstić information content (AvgIpc) is 3.11. The fourth-order valence-corrected chi connectivity index (χ4v) is 2.78. The van der Waals surface area contributed by atoms with Crippen LogP contribution in [0.4, 0.5) is 5.69 Å². The van der Waals surface area contributed by atoms with Crippen molar-refractivity contribution in [2.75, 3.05) is 12.4 Å². The van der Waals surface area contributed by atoms with Crippen molar-refractivity contribution in [1.82, 2.24) is 15.1 Å². The number of aryl methyl sites for hydroxylation is 1. The molecular weight excluding hydrogens is 352 g/mol. The van der Waals surface area contributed by atoms with Crippen molar-refractivity contribution in [3.63, 3.8) is 0 Å². The van der Waals surface area contributed by atoms with Crippen LogP contribution in [0.5, 0.6) is 0 Å². The zero-order chi connectivity index (χ0) is 18.7. The van der Waals surface area contributed by atoms with Crippen molar-refractivity contribution >= 4 is 29.1 Å². The van der Waals surface area contributed by atoms with Gasteiger partial charge < -0.3 is 10.6 Å². The molecule has 6 nitrogen and oxygen atoms in total. The van der Waals surface area contributed by atoms with Crippen LogP contribution in [-0.2, 0) is 0 Å². The second-order valence-corrected chi connectivity index (χ2v) is 6.09. The third-order valence-corrected chi connectivity index (χ3v) is 4.10. The Kier molecular flexibility index (Phi) is 5.04. The molecule has 26 heavy (non-hydrogen) atoms. The number of benzene rings is 2. The van der Waals surface area contributed by atoms with Crippen LogP contribution in [0.25, 0.3) is 5.69 Å². The van der Waals surface area contributed by atoms with Gasteiger partial charge in [0.05, 0.1) is 16.9 Å². The number of aromatic nitrogens is 2. The maximum atomic E-state index is 12.6. The summed E-state index contributed by atoms with van der Waals surface area (Å²) in [5.41, 5.74) is 2.61. The summed E-state index contributed by atoms with van der Waals surface area (Å²) in [5.74, 6) is -0.663. The Morgan fingerprint density at radius 3 is 2.58 bits per heavy atom. The smallest absolute Gasteiger partial charge is 0.276 e. The first-order valence-electron chi connectivity index (χ1n) is 7.94. The molecule has 1 heterocycles. The highest BCUT2D eigenvalue weighted by molar-refractivity contribution is 6.30. The highest BCUT2D eigenvalue weighted by Gasteiger charge is 2.17. The van der Waals surface area contributed by atoms with Gasteiger partial charge in [0, 0.05) is 18.3 Å². The van der Waals surface area contributed by atoms with Gasteiger partial charge in [0.25, 0.3) is 11.8 Å². The van der Waals surface area contributed by atoms with Crippen LogP contribution in [0.1, 0.15) is 26.4 Å². The van der Waals surface area contributed by atoms with Gasteiger partial charge in [-0.25, -0.2) is 4.68 Å². The summed E-state index contributed by atoms with van der Waals surface area (Å²) in [6.45, 7) is 1.81. The Morgan fingerprint density at radius 1 is 1.08 bits per heavy atom. The molecule has 3 aromatic rings. The minimum atomic E-state index is -0.401. The first kappa shape index (κ1) is 17.7. The zero-order valence-corrected chi connectivity index (χ0v) is 15.0. The molecule has 0 fully saturated rings. The first-order chi connectivity index (χ1) is 12.5. The first-order valence-corrected chi connectivity index (χ1v) is 8.32. The molecule has 7 heteroatoms. The number of amides is 2. The topological polar surface area (TPSA) is 76.0 Å². The molecule has 0 spiro atoms. The molecule has 132 valence electrons. The van der Waals surface area contributed by atoms with E-state index in [1.807, 2.05) is 25.1 Å². The van der Waals surface area contributed by atoms with Crippen molar-refractivity contribution in [2.45, 2.75) is 6.92 Å². The van der Waals surface area contributed by atoms with Gasteiger partial charge in [-0.3, -0.25) is 9.59 Å². The quantitative estimate of drug-likeness (QED) is 0.740. The number of anilines is 1. The van der Waals surface area contributed by atoms with Crippen molar-refractivity contribution < 1.29 is 9.59 Å². The van der Waals surface area contributed by atoms with Crippen LogP contribution in [0.2, 0.25) is 5.02 Å². The second-order valence-electron chi connectivity index (χ2n) is 5.66. The van der Waals surface area contributed by atoms with Crippen LogP contribution < -0.4 is 10.6 Å². The largest absolute Gasteiger partial charge is 0.355 e. The predicted octanol–water partition coefficient (Wildman–Crippen LogP) is 3.45. The maximum absolute atomic E-state index is 12.6. The van der Waals surface area contributed by atoms with E-state index in [1.54, 1.807) is 48.3 Å². The number of halogens is 1. The van der Waals surface area contributed by atoms with Crippen LogP contribution in [0.15, 0.2) is 54.7 Å². The number of hydrogen-bond acceptors (Lipinski definition) is 3. The van der Waals surface area contributed by atoms with E-state index in [1.165, 1.54) is 0 Å². The molecule has 2 aromatic carbocycles. The van der Waals surface area contributed by atoms with Crippen LogP contribution >= 0.6 is 11.6 Å². The van der Waals surface area contributed by atoms with Crippen molar-refractivity contribution in [2.24, 2.45) is 0 Å². The highest BCUT2D eigenvalue weighted by Crippen LogP contribution is 2.20. The molecule has 0 saturated carbocycles. The number of hydrogen-bond donors (Lipinski definition) is 2. The van der Waals surface area contributed by atoms with E-state index >= 15 is 0 Å². The van der Waals surface area contributed by atoms with Crippen LogP contribution in [0, 0.1) is 6.92 Å². The Bertz CT molecular complexity index is 981. The third-order valence-electron chi connectivity index (χ3n) is 3.87. The Labute approximate surface area is 155 Å². The molecule has 3 rings (SSSR count). The van der Waals surface area contributed by atoms with Crippen molar-refractivity contribution in [1.29, 1.82) is 0 Å². The van der Waals surface area contributed by atoms with Gasteiger partial charge in [-0.05, 0) is 42.8 Å². The molecule has 0 atom stereocenters. The molecule has 0 aliphatic heterocycles. The van der Waals surface area contributed by atoms with Gasteiger partial charge in [0.15, 0.2) is 5.69 Å². The zero-order valence-electron chi connectivity index (χ0n) is 14.3. The van der Waals surface area contributed by atoms with Gasteiger partial charge >= 0.3 is 0 Å². The monoisotopic (exact) mass is 368 g/mol. The number of rotatable bonds is 4. The molecular formula is C19H17ClN4O2. The number of nitrogens with zero attached hydrogens (tertiary/aromatic N) is 2. The molecule has 0 radical (unpaired) electrons. The lowest BCUT2D eigenvalue weighted by Gasteiger charge is -2.11. The summed E-state index contributed by atoms with van der Waals surface area (Å²) in [4.78, 5) is 24.7. The lowest BCUT2D eigenvalue weighted by molar-refractivity contribution is 0.0963. The van der Waals surface area contributed by atoms with Crippen molar-refractivity contribution in [3.05, 3.63) is 76.6 Å². The highest BCUT2D eigenvalue weighted by atomic mass is 35.5. The number of nitrogens with one attached hydrogen (secondary N) is 2. The molecule has 0 bridgehead atoms. The normalized spacial score (nSPS) is 10.4. The van der Waals surface area contributed by atoms with E-state index in [2.05, 4.69) is 15.7 Å². The standard InChI is InChI=1S/C19H17ClN4O2/c1-12-5-3-8-15(17(12)19(26)21-2)22-18(25)16-9-10-24(23-16)14-7-4-6-13(20)11-14/h3-11H,1-2H3,(H,21,26)(H,22,25). The Hall–Kier alpha value is -3.12. The van der Waals surface area contributed by atoms with E-state index in [0.717, 1.165) is 11.3 Å². The summed E-state index contributed by atoms with van der Waals surface area (Å²) in [7, 11) is 1.55. The fraction of sp³-hybridized carbons (Fsp3) is 0.105. The predicted molar refractivity (Wildman–Crippen MR) is 101 cm³/mol. The Balaban J connectivity index is 1.86.